The fourth-order valence-electron chi connectivity index (χ4n) is 0.349. The fraction of sp³-hybridized carbons (Fsp3) is 0.500. The van der Waals surface area contributed by atoms with Gasteiger partial charge in [-0.1, -0.05) is 0 Å². The van der Waals surface area contributed by atoms with Crippen molar-refractivity contribution in [2.75, 3.05) is 0 Å². The zero-order valence-corrected chi connectivity index (χ0v) is 3.31. The molecule has 0 heterocycles. The number of hydrogen-bond donors (Lipinski definition) is 2. The van der Waals surface area contributed by atoms with E-state index in [1.54, 1.807) is 0 Å². The van der Waals surface area contributed by atoms with Crippen LogP contribution in [0.3, 0.4) is 0 Å². The Kier molecular flexibility index (Phi) is 0.528. The van der Waals surface area contributed by atoms with Crippen LogP contribution < -0.4 is 0 Å². The Bertz CT molecular complexity index is 81.7. The first-order chi connectivity index (χ1) is 2.80. The minimum atomic E-state index is 0.162. The van der Waals surface area contributed by atoms with Crippen LogP contribution in [0.2, 0.25) is 0 Å². The maximum Gasteiger partial charge on any atom is 0.130 e. The van der Waals surface area contributed by atoms with Crippen LogP contribution >= 0.6 is 0 Å². The van der Waals surface area contributed by atoms with E-state index in [0.717, 1.165) is 0 Å². The van der Waals surface area contributed by atoms with Crippen molar-refractivity contribution >= 4 is 0 Å². The highest BCUT2D eigenvalue weighted by atomic mass is 16.3. The molecule has 0 aromatic heterocycles. The van der Waals surface area contributed by atoms with Crippen molar-refractivity contribution < 1.29 is 10.2 Å². The van der Waals surface area contributed by atoms with Crippen molar-refractivity contribution in [2.24, 2.45) is 0 Å². The van der Waals surface area contributed by atoms with Crippen LogP contribution in [0, 0.1) is 0 Å². The molecule has 0 unspecified atom stereocenters. The molecule has 1 aliphatic carbocycles. The zero-order valence-electron chi connectivity index (χ0n) is 3.31. The van der Waals surface area contributed by atoms with Gasteiger partial charge in [0.1, 0.15) is 11.5 Å². The molecule has 0 amide bonds. The third-order valence-electron chi connectivity index (χ3n) is 0.932. The molecule has 0 saturated heterocycles. The smallest absolute Gasteiger partial charge is 0.130 e. The van der Waals surface area contributed by atoms with Gasteiger partial charge in [0, 0.05) is 12.8 Å². The Balaban J connectivity index is 2.66. The van der Waals surface area contributed by atoms with Gasteiger partial charge in [-0.25, -0.2) is 0 Å². The van der Waals surface area contributed by atoms with E-state index in [1.807, 2.05) is 0 Å². The molecular formula is C4H6O2. The number of hydrogen-bond acceptors (Lipinski definition) is 2. The number of allylic oxidation sites excluding steroid dienone is 2. The predicted octanol–water partition coefficient (Wildman–Crippen LogP) is 1.11. The molecule has 0 aromatic rings. The molecule has 0 radical (unpaired) electrons. The predicted molar refractivity (Wildman–Crippen MR) is 21.5 cm³/mol. The second-order valence-corrected chi connectivity index (χ2v) is 1.39. The van der Waals surface area contributed by atoms with Gasteiger partial charge in [0.2, 0.25) is 0 Å². The SMILES string of the molecule is OC1=C(O)CC1. The summed E-state index contributed by atoms with van der Waals surface area (Å²) in [5.74, 6) is 0.324. The molecule has 0 bridgehead atoms. The van der Waals surface area contributed by atoms with E-state index in [0.29, 0.717) is 12.8 Å². The zero-order chi connectivity index (χ0) is 4.57. The maximum absolute atomic E-state index is 8.35. The van der Waals surface area contributed by atoms with Crippen molar-refractivity contribution in [3.63, 3.8) is 0 Å². The molecule has 0 aliphatic heterocycles. The first-order valence-electron chi connectivity index (χ1n) is 1.90. The Hall–Kier alpha value is -0.660. The average molecular weight is 86.1 g/mol. The molecule has 2 N–H and O–H groups in total. The van der Waals surface area contributed by atoms with E-state index in [1.165, 1.54) is 0 Å². The summed E-state index contributed by atoms with van der Waals surface area (Å²) in [4.78, 5) is 0. The number of aliphatic hydroxyl groups excluding tert-OH is 2. The molecule has 0 fully saturated rings. The first-order valence-corrected chi connectivity index (χ1v) is 1.90. The largest absolute Gasteiger partial charge is 0.509 e. The molecule has 1 aliphatic rings. The Morgan fingerprint density at radius 1 is 1.00 bits per heavy atom. The molecule has 1 rings (SSSR count). The summed E-state index contributed by atoms with van der Waals surface area (Å²) in [5, 5.41) is 16.7. The second-order valence-electron chi connectivity index (χ2n) is 1.39. The van der Waals surface area contributed by atoms with Gasteiger partial charge in [0.05, 0.1) is 0 Å². The van der Waals surface area contributed by atoms with Gasteiger partial charge >= 0.3 is 0 Å². The summed E-state index contributed by atoms with van der Waals surface area (Å²) in [6, 6.07) is 0. The van der Waals surface area contributed by atoms with Gasteiger partial charge in [-0.15, -0.1) is 0 Å². The lowest BCUT2D eigenvalue weighted by atomic mass is 10.1. The highest BCUT2D eigenvalue weighted by Crippen LogP contribution is 2.21. The lowest BCUT2D eigenvalue weighted by Gasteiger charge is -2.10. The molecule has 2 heteroatoms. The standard InChI is InChI=1S/C4H6O2/c5-3-1-2-4(3)6/h5-6H,1-2H2. The van der Waals surface area contributed by atoms with E-state index < -0.39 is 0 Å². The van der Waals surface area contributed by atoms with Crippen molar-refractivity contribution in [2.45, 2.75) is 12.8 Å². The van der Waals surface area contributed by atoms with Crippen LogP contribution in [0.4, 0.5) is 0 Å². The Morgan fingerprint density at radius 3 is 1.33 bits per heavy atom. The van der Waals surface area contributed by atoms with Crippen molar-refractivity contribution in [1.29, 1.82) is 0 Å². The van der Waals surface area contributed by atoms with E-state index >= 15 is 0 Å². The number of rotatable bonds is 0. The van der Waals surface area contributed by atoms with Crippen molar-refractivity contribution in [1.82, 2.24) is 0 Å². The van der Waals surface area contributed by atoms with Gasteiger partial charge in [-0.05, 0) is 0 Å². The summed E-state index contributed by atoms with van der Waals surface area (Å²) >= 11 is 0. The molecule has 6 heavy (non-hydrogen) atoms. The highest BCUT2D eigenvalue weighted by molar-refractivity contribution is 5.09. The third-order valence-corrected chi connectivity index (χ3v) is 0.932. The van der Waals surface area contributed by atoms with Crippen LogP contribution in [-0.2, 0) is 0 Å². The van der Waals surface area contributed by atoms with Gasteiger partial charge in [-0.2, -0.15) is 0 Å². The monoisotopic (exact) mass is 86.0 g/mol. The van der Waals surface area contributed by atoms with Gasteiger partial charge in [0.25, 0.3) is 0 Å². The summed E-state index contributed by atoms with van der Waals surface area (Å²) in [6.07, 6.45) is 1.32. The van der Waals surface area contributed by atoms with Crippen molar-refractivity contribution in [3.8, 4) is 0 Å². The van der Waals surface area contributed by atoms with E-state index in [4.69, 9.17) is 10.2 Å². The molecule has 0 atom stereocenters. The molecule has 0 aromatic carbocycles. The molecule has 0 saturated carbocycles. The molecular weight excluding hydrogens is 80.0 g/mol. The van der Waals surface area contributed by atoms with Crippen LogP contribution in [0.25, 0.3) is 0 Å². The summed E-state index contributed by atoms with van der Waals surface area (Å²) in [5.41, 5.74) is 0. The topological polar surface area (TPSA) is 40.5 Å². The van der Waals surface area contributed by atoms with Crippen LogP contribution in [0.1, 0.15) is 12.8 Å². The number of aliphatic hydroxyl groups is 2. The summed E-state index contributed by atoms with van der Waals surface area (Å²) in [7, 11) is 0. The molecule has 0 spiro atoms. The Morgan fingerprint density at radius 2 is 1.33 bits per heavy atom. The van der Waals surface area contributed by atoms with E-state index in [9.17, 15) is 0 Å². The van der Waals surface area contributed by atoms with Gasteiger partial charge in [-0.3, -0.25) is 0 Å². The van der Waals surface area contributed by atoms with Crippen LogP contribution in [-0.4, -0.2) is 10.2 Å². The lowest BCUT2D eigenvalue weighted by Crippen LogP contribution is -2.00. The minimum Gasteiger partial charge on any atom is -0.509 e. The summed E-state index contributed by atoms with van der Waals surface area (Å²) in [6.45, 7) is 0. The second kappa shape index (κ2) is 0.899. The van der Waals surface area contributed by atoms with Crippen LogP contribution in [0.5, 0.6) is 0 Å². The molecule has 2 nitrogen and oxygen atoms in total. The van der Waals surface area contributed by atoms with E-state index in [-0.39, 0.29) is 11.5 Å². The first kappa shape index (κ1) is 3.53. The average Bonchev–Trinajstić information content (AvgIpc) is 1.61. The lowest BCUT2D eigenvalue weighted by molar-refractivity contribution is 0.254. The molecule has 34 valence electrons. The highest BCUT2D eigenvalue weighted by Gasteiger charge is 2.12. The van der Waals surface area contributed by atoms with Gasteiger partial charge in [0.15, 0.2) is 0 Å². The minimum absolute atomic E-state index is 0.162. The quantitative estimate of drug-likeness (QED) is 0.463. The fourth-order valence-corrected chi connectivity index (χ4v) is 0.349. The van der Waals surface area contributed by atoms with Crippen LogP contribution in [0.15, 0.2) is 11.5 Å². The summed E-state index contributed by atoms with van der Waals surface area (Å²) < 4.78 is 0. The maximum atomic E-state index is 8.35. The normalized spacial score (nSPS) is 20.7. The third kappa shape index (κ3) is 0.263. The Labute approximate surface area is 35.7 Å². The van der Waals surface area contributed by atoms with Gasteiger partial charge < -0.3 is 10.2 Å². The van der Waals surface area contributed by atoms with Crippen molar-refractivity contribution in [3.05, 3.63) is 11.5 Å². The van der Waals surface area contributed by atoms with E-state index in [2.05, 4.69) is 0 Å².